The molecule has 2 N–H and O–H groups in total. The van der Waals surface area contributed by atoms with Gasteiger partial charge in [-0.15, -0.1) is 11.3 Å². The summed E-state index contributed by atoms with van der Waals surface area (Å²) in [7, 11) is 0. The zero-order valence-electron chi connectivity index (χ0n) is 16.8. The number of amides is 1. The van der Waals surface area contributed by atoms with Crippen molar-refractivity contribution in [1.82, 2.24) is 5.32 Å². The van der Waals surface area contributed by atoms with E-state index in [1.807, 2.05) is 32.0 Å². The highest BCUT2D eigenvalue weighted by atomic mass is 32.1. The van der Waals surface area contributed by atoms with Gasteiger partial charge in [0.2, 0.25) is 5.91 Å². The zero-order valence-corrected chi connectivity index (χ0v) is 17.6. The lowest BCUT2D eigenvalue weighted by molar-refractivity contribution is -0.115. The van der Waals surface area contributed by atoms with Crippen molar-refractivity contribution >= 4 is 22.9 Å². The molecule has 0 aliphatic carbocycles. The van der Waals surface area contributed by atoms with E-state index in [4.69, 9.17) is 0 Å². The van der Waals surface area contributed by atoms with Gasteiger partial charge in [-0.05, 0) is 54.0 Å². The van der Waals surface area contributed by atoms with Crippen LogP contribution in [0.25, 0.3) is 0 Å². The minimum atomic E-state index is -0.0263. The molecule has 1 atom stereocenters. The predicted molar refractivity (Wildman–Crippen MR) is 119 cm³/mol. The third-order valence-electron chi connectivity index (χ3n) is 4.89. The molecule has 0 fully saturated rings. The number of para-hydroxylation sites is 1. The summed E-state index contributed by atoms with van der Waals surface area (Å²) in [6.45, 7) is 6.48. The van der Waals surface area contributed by atoms with Crippen molar-refractivity contribution in [3.63, 3.8) is 0 Å². The summed E-state index contributed by atoms with van der Waals surface area (Å²) in [6.07, 6.45) is 2.24. The van der Waals surface area contributed by atoms with Gasteiger partial charge in [-0.25, -0.2) is 0 Å². The van der Waals surface area contributed by atoms with E-state index in [-0.39, 0.29) is 18.5 Å². The van der Waals surface area contributed by atoms with E-state index >= 15 is 0 Å². The van der Waals surface area contributed by atoms with Crippen molar-refractivity contribution in [2.75, 3.05) is 11.9 Å². The van der Waals surface area contributed by atoms with E-state index in [0.717, 1.165) is 29.7 Å². The Morgan fingerprint density at radius 3 is 2.32 bits per heavy atom. The van der Waals surface area contributed by atoms with Gasteiger partial charge < -0.3 is 5.32 Å². The monoisotopic (exact) mass is 392 g/mol. The number of aryl methyl sites for hydroxylation is 3. The van der Waals surface area contributed by atoms with E-state index in [2.05, 4.69) is 59.3 Å². The minimum Gasteiger partial charge on any atom is -0.324 e. The van der Waals surface area contributed by atoms with Crippen molar-refractivity contribution in [2.45, 2.75) is 39.7 Å². The number of anilines is 1. The molecule has 1 aromatic heterocycles. The fourth-order valence-corrected chi connectivity index (χ4v) is 4.22. The SMILES string of the molecule is CCCc1ccc([C@H](NCC(=O)Nc2c(C)cccc2C)c2cccs2)cc1. The molecule has 2 aromatic carbocycles. The lowest BCUT2D eigenvalue weighted by Crippen LogP contribution is -2.32. The summed E-state index contributed by atoms with van der Waals surface area (Å²) in [5, 5.41) is 8.58. The Balaban J connectivity index is 1.71. The maximum Gasteiger partial charge on any atom is 0.238 e. The van der Waals surface area contributed by atoms with Crippen LogP contribution in [0.3, 0.4) is 0 Å². The van der Waals surface area contributed by atoms with Crippen LogP contribution < -0.4 is 10.6 Å². The fourth-order valence-electron chi connectivity index (χ4n) is 3.39. The normalized spacial score (nSPS) is 12.0. The molecule has 0 spiro atoms. The summed E-state index contributed by atoms with van der Waals surface area (Å²) >= 11 is 1.71. The maximum atomic E-state index is 12.6. The van der Waals surface area contributed by atoms with E-state index in [1.165, 1.54) is 16.0 Å². The first-order valence-electron chi connectivity index (χ1n) is 9.80. The number of hydrogen-bond acceptors (Lipinski definition) is 3. The van der Waals surface area contributed by atoms with E-state index in [9.17, 15) is 4.79 Å². The Morgan fingerprint density at radius 2 is 1.71 bits per heavy atom. The summed E-state index contributed by atoms with van der Waals surface area (Å²) in [5.74, 6) is -0.0263. The van der Waals surface area contributed by atoms with Crippen LogP contribution in [-0.4, -0.2) is 12.5 Å². The number of hydrogen-bond donors (Lipinski definition) is 2. The molecule has 0 aliphatic heterocycles. The molecular formula is C24H28N2OS. The highest BCUT2D eigenvalue weighted by Crippen LogP contribution is 2.26. The number of nitrogens with one attached hydrogen (secondary N) is 2. The molecule has 28 heavy (non-hydrogen) atoms. The Hall–Kier alpha value is -2.43. The van der Waals surface area contributed by atoms with E-state index < -0.39 is 0 Å². The molecule has 0 bridgehead atoms. The molecule has 0 saturated heterocycles. The number of carbonyl (C=O) groups is 1. The van der Waals surface area contributed by atoms with Crippen LogP contribution in [0.2, 0.25) is 0 Å². The standard InChI is InChI=1S/C24H28N2OS/c1-4-7-19-11-13-20(14-12-19)24(21-10-6-15-28-21)25-16-22(27)26-23-17(2)8-5-9-18(23)3/h5-6,8-15,24-25H,4,7,16H2,1-3H3,(H,26,27)/t24-/m0/s1. The molecule has 3 nitrogen and oxygen atoms in total. The summed E-state index contributed by atoms with van der Waals surface area (Å²) in [5.41, 5.74) is 5.60. The third-order valence-corrected chi connectivity index (χ3v) is 5.83. The van der Waals surface area contributed by atoms with Crippen molar-refractivity contribution in [3.8, 4) is 0 Å². The van der Waals surface area contributed by atoms with Gasteiger partial charge in [0.05, 0.1) is 12.6 Å². The van der Waals surface area contributed by atoms with Crippen LogP contribution in [-0.2, 0) is 11.2 Å². The van der Waals surface area contributed by atoms with Crippen LogP contribution in [0.5, 0.6) is 0 Å². The van der Waals surface area contributed by atoms with Crippen molar-refractivity contribution in [1.29, 1.82) is 0 Å². The van der Waals surface area contributed by atoms with Crippen LogP contribution in [0, 0.1) is 13.8 Å². The smallest absolute Gasteiger partial charge is 0.238 e. The van der Waals surface area contributed by atoms with Gasteiger partial charge in [0, 0.05) is 10.6 Å². The summed E-state index contributed by atoms with van der Waals surface area (Å²) in [4.78, 5) is 13.8. The molecule has 0 saturated carbocycles. The van der Waals surface area contributed by atoms with E-state index in [0.29, 0.717) is 0 Å². The average molecular weight is 393 g/mol. The van der Waals surface area contributed by atoms with Gasteiger partial charge in [-0.3, -0.25) is 10.1 Å². The second kappa shape index (κ2) is 9.67. The van der Waals surface area contributed by atoms with Gasteiger partial charge >= 0.3 is 0 Å². The highest BCUT2D eigenvalue weighted by molar-refractivity contribution is 7.10. The van der Waals surface area contributed by atoms with Crippen molar-refractivity contribution in [2.24, 2.45) is 0 Å². The van der Waals surface area contributed by atoms with Gasteiger partial charge in [0.1, 0.15) is 0 Å². The molecule has 3 rings (SSSR count). The Morgan fingerprint density at radius 1 is 1.00 bits per heavy atom. The van der Waals surface area contributed by atoms with Crippen LogP contribution in [0.1, 0.15) is 46.5 Å². The van der Waals surface area contributed by atoms with E-state index in [1.54, 1.807) is 11.3 Å². The molecule has 0 aliphatic rings. The first-order chi connectivity index (χ1) is 13.6. The van der Waals surface area contributed by atoms with Crippen LogP contribution >= 0.6 is 11.3 Å². The number of thiophene rings is 1. The molecular weight excluding hydrogens is 364 g/mol. The summed E-state index contributed by atoms with van der Waals surface area (Å²) < 4.78 is 0. The van der Waals surface area contributed by atoms with Gasteiger partial charge in [-0.1, -0.05) is 61.9 Å². The molecule has 0 radical (unpaired) electrons. The summed E-state index contributed by atoms with van der Waals surface area (Å²) in [6, 6.07) is 19.0. The van der Waals surface area contributed by atoms with Crippen LogP contribution in [0.15, 0.2) is 60.0 Å². The molecule has 1 heterocycles. The second-order valence-corrected chi connectivity index (χ2v) is 8.12. The third kappa shape index (κ3) is 5.09. The average Bonchev–Trinajstić information content (AvgIpc) is 3.21. The highest BCUT2D eigenvalue weighted by Gasteiger charge is 2.17. The Bertz CT molecular complexity index is 881. The predicted octanol–water partition coefficient (Wildman–Crippen LogP) is 5.64. The lowest BCUT2D eigenvalue weighted by atomic mass is 10.0. The van der Waals surface area contributed by atoms with Crippen molar-refractivity contribution in [3.05, 3.63) is 87.1 Å². The van der Waals surface area contributed by atoms with Gasteiger partial charge in [0.25, 0.3) is 0 Å². The second-order valence-electron chi connectivity index (χ2n) is 7.14. The molecule has 146 valence electrons. The van der Waals surface area contributed by atoms with Gasteiger partial charge in [0.15, 0.2) is 0 Å². The first-order valence-corrected chi connectivity index (χ1v) is 10.7. The number of carbonyl (C=O) groups excluding carboxylic acids is 1. The molecule has 3 aromatic rings. The lowest BCUT2D eigenvalue weighted by Gasteiger charge is -2.19. The Labute approximate surface area is 171 Å². The quantitative estimate of drug-likeness (QED) is 0.521. The molecule has 1 amide bonds. The molecule has 4 heteroatoms. The largest absolute Gasteiger partial charge is 0.324 e. The first kappa shape index (κ1) is 20.3. The van der Waals surface area contributed by atoms with Gasteiger partial charge in [-0.2, -0.15) is 0 Å². The van der Waals surface area contributed by atoms with Crippen molar-refractivity contribution < 1.29 is 4.79 Å². The zero-order chi connectivity index (χ0) is 19.9. The minimum absolute atomic E-state index is 0.0133. The topological polar surface area (TPSA) is 41.1 Å². The van der Waals surface area contributed by atoms with Crippen LogP contribution in [0.4, 0.5) is 5.69 Å². The number of rotatable bonds is 8. The molecule has 0 unspecified atom stereocenters. The maximum absolute atomic E-state index is 12.6. The Kier molecular flexibility index (Phi) is 7.01. The number of benzene rings is 2. The fraction of sp³-hybridized carbons (Fsp3) is 0.292.